The maximum atomic E-state index is 6.32. The molecule has 10 aromatic carbocycles. The Kier molecular flexibility index (Phi) is 6.02. The van der Waals surface area contributed by atoms with Crippen molar-refractivity contribution in [2.24, 2.45) is 0 Å². The lowest BCUT2D eigenvalue weighted by atomic mass is 9.95. The Morgan fingerprint density at radius 3 is 1.08 bits per heavy atom. The number of hydrogen-bond acceptors (Lipinski definition) is 2. The SMILES string of the molecule is c1cc(-c2cccc(-c3ccc4c(c3)c3cccc5c6c7c(ccc6n4c35)oc3ccccc37)c2)cc(-c2ccc3c(c2)c2cccc4c5c6c(ccc5n3c24)oc2ccccc26)c1. The average Bonchev–Trinajstić information content (AvgIpc) is 4.20. The predicted octanol–water partition coefficient (Wildman–Crippen LogP) is 16.8. The molecule has 16 aromatic rings. The van der Waals surface area contributed by atoms with Crippen LogP contribution in [0.5, 0.6) is 0 Å². The molecule has 0 aliphatic carbocycles. The first-order valence-electron chi connectivity index (χ1n) is 22.0. The van der Waals surface area contributed by atoms with Crippen molar-refractivity contribution in [2.75, 3.05) is 0 Å². The molecule has 16 rings (SSSR count). The topological polar surface area (TPSA) is 35.1 Å². The summed E-state index contributed by atoms with van der Waals surface area (Å²) in [6.45, 7) is 0. The van der Waals surface area contributed by atoms with Crippen LogP contribution in [0.2, 0.25) is 0 Å². The number of para-hydroxylation sites is 4. The molecule has 0 aliphatic heterocycles. The zero-order valence-corrected chi connectivity index (χ0v) is 34.2. The minimum atomic E-state index is 0.927. The number of fused-ring (bicyclic) bond motifs is 20. The van der Waals surface area contributed by atoms with Crippen LogP contribution in [0.25, 0.3) is 153 Å². The lowest BCUT2D eigenvalue weighted by molar-refractivity contribution is 0.669. The van der Waals surface area contributed by atoms with E-state index in [0.717, 1.165) is 33.1 Å². The third kappa shape index (κ3) is 4.09. The quantitative estimate of drug-likeness (QED) is 0.178. The van der Waals surface area contributed by atoms with Gasteiger partial charge in [-0.25, -0.2) is 0 Å². The molecule has 294 valence electrons. The second kappa shape index (κ2) is 11.6. The van der Waals surface area contributed by atoms with Crippen molar-refractivity contribution in [2.45, 2.75) is 0 Å². The second-order valence-electron chi connectivity index (χ2n) is 17.6. The third-order valence-electron chi connectivity index (χ3n) is 14.4. The van der Waals surface area contributed by atoms with E-state index in [9.17, 15) is 0 Å². The van der Waals surface area contributed by atoms with E-state index < -0.39 is 0 Å². The predicted molar refractivity (Wildman–Crippen MR) is 267 cm³/mol. The van der Waals surface area contributed by atoms with Crippen LogP contribution in [-0.2, 0) is 0 Å². The molecule has 0 bridgehead atoms. The van der Waals surface area contributed by atoms with Crippen LogP contribution in [0, 0.1) is 0 Å². The molecule has 0 atom stereocenters. The largest absolute Gasteiger partial charge is 0.456 e. The smallest absolute Gasteiger partial charge is 0.136 e. The van der Waals surface area contributed by atoms with Gasteiger partial charge >= 0.3 is 0 Å². The summed E-state index contributed by atoms with van der Waals surface area (Å²) in [5.41, 5.74) is 18.3. The maximum absolute atomic E-state index is 6.32. The van der Waals surface area contributed by atoms with Crippen molar-refractivity contribution in [1.29, 1.82) is 0 Å². The van der Waals surface area contributed by atoms with Gasteiger partial charge in [-0.1, -0.05) is 121 Å². The summed E-state index contributed by atoms with van der Waals surface area (Å²) in [5, 5.41) is 14.8. The van der Waals surface area contributed by atoms with Crippen molar-refractivity contribution < 1.29 is 8.83 Å². The molecule has 0 radical (unpaired) electrons. The lowest BCUT2D eigenvalue weighted by Gasteiger charge is -2.10. The standard InChI is InChI=1S/C60H32N2O2/c1-3-19-51-41(13-1)57-53(63-51)27-25-49-55(57)43-17-7-15-39-45-31-37(21-23-47(45)61(49)59(39)43)35-11-5-9-33(29-35)34-10-6-12-36(30-34)38-22-24-48-46(32-38)40-16-8-18-44-56-50(62(48)60(40)44)26-28-54-58(56)42-14-2-4-20-52(42)64-54/h1-32H. The van der Waals surface area contributed by atoms with Crippen molar-refractivity contribution >= 4 is 120 Å². The van der Waals surface area contributed by atoms with Crippen LogP contribution in [0.15, 0.2) is 203 Å². The number of nitrogens with zero attached hydrogens (tertiary/aromatic N) is 2. The third-order valence-corrected chi connectivity index (χ3v) is 14.4. The summed E-state index contributed by atoms with van der Waals surface area (Å²) in [4.78, 5) is 0. The highest BCUT2D eigenvalue weighted by Crippen LogP contribution is 2.47. The average molecular weight is 813 g/mol. The van der Waals surface area contributed by atoms with Crippen LogP contribution in [0.1, 0.15) is 0 Å². The van der Waals surface area contributed by atoms with Gasteiger partial charge in [-0.05, 0) is 106 Å². The van der Waals surface area contributed by atoms with E-state index in [1.807, 2.05) is 12.1 Å². The lowest BCUT2D eigenvalue weighted by Crippen LogP contribution is -1.85. The maximum Gasteiger partial charge on any atom is 0.136 e. The van der Waals surface area contributed by atoms with Gasteiger partial charge in [-0.3, -0.25) is 0 Å². The highest BCUT2D eigenvalue weighted by molar-refractivity contribution is 6.33. The fourth-order valence-corrected chi connectivity index (χ4v) is 11.7. The minimum absolute atomic E-state index is 0.927. The zero-order chi connectivity index (χ0) is 41.4. The summed E-state index contributed by atoms with van der Waals surface area (Å²) < 4.78 is 17.6. The first-order chi connectivity index (χ1) is 31.7. The van der Waals surface area contributed by atoms with Gasteiger partial charge in [0.2, 0.25) is 0 Å². The van der Waals surface area contributed by atoms with E-state index >= 15 is 0 Å². The van der Waals surface area contributed by atoms with Crippen molar-refractivity contribution in [3.05, 3.63) is 194 Å². The number of benzene rings is 10. The molecule has 0 saturated heterocycles. The van der Waals surface area contributed by atoms with Gasteiger partial charge < -0.3 is 17.6 Å². The van der Waals surface area contributed by atoms with E-state index in [-0.39, 0.29) is 0 Å². The first kappa shape index (κ1) is 33.1. The minimum Gasteiger partial charge on any atom is -0.456 e. The Morgan fingerprint density at radius 2 is 0.609 bits per heavy atom. The highest BCUT2D eigenvalue weighted by atomic mass is 16.3. The molecule has 0 fully saturated rings. The van der Waals surface area contributed by atoms with Gasteiger partial charge in [0.05, 0.1) is 33.1 Å². The molecule has 6 aromatic heterocycles. The van der Waals surface area contributed by atoms with Crippen LogP contribution >= 0.6 is 0 Å². The number of hydrogen-bond donors (Lipinski definition) is 0. The van der Waals surface area contributed by atoms with Crippen LogP contribution in [0.4, 0.5) is 0 Å². The molecule has 0 unspecified atom stereocenters. The Hall–Kier alpha value is -8.60. The van der Waals surface area contributed by atoms with Crippen molar-refractivity contribution in [1.82, 2.24) is 8.80 Å². The van der Waals surface area contributed by atoms with Crippen LogP contribution in [-0.4, -0.2) is 8.80 Å². The Balaban J connectivity index is 0.803. The van der Waals surface area contributed by atoms with Crippen molar-refractivity contribution in [3.63, 3.8) is 0 Å². The Morgan fingerprint density at radius 1 is 0.234 bits per heavy atom. The molecule has 0 spiro atoms. The zero-order valence-electron chi connectivity index (χ0n) is 34.2. The fourth-order valence-electron chi connectivity index (χ4n) is 11.7. The summed E-state index contributed by atoms with van der Waals surface area (Å²) in [6, 6.07) is 71.0. The van der Waals surface area contributed by atoms with Gasteiger partial charge in [0.25, 0.3) is 0 Å². The van der Waals surface area contributed by atoms with E-state index in [4.69, 9.17) is 8.83 Å². The monoisotopic (exact) mass is 812 g/mol. The van der Waals surface area contributed by atoms with Crippen molar-refractivity contribution in [3.8, 4) is 33.4 Å². The number of rotatable bonds is 3. The second-order valence-corrected chi connectivity index (χ2v) is 17.6. The molecule has 0 saturated carbocycles. The fraction of sp³-hybridized carbons (Fsp3) is 0. The summed E-state index contributed by atoms with van der Waals surface area (Å²) in [7, 11) is 0. The highest BCUT2D eigenvalue weighted by Gasteiger charge is 2.23. The Bertz CT molecular complexity index is 4370. The van der Waals surface area contributed by atoms with Gasteiger partial charge in [-0.15, -0.1) is 0 Å². The summed E-state index contributed by atoms with van der Waals surface area (Å²) in [5.74, 6) is 0. The molecular formula is C60H32N2O2. The summed E-state index contributed by atoms with van der Waals surface area (Å²) in [6.07, 6.45) is 0. The molecule has 0 amide bonds. The molecule has 0 aliphatic rings. The number of aromatic nitrogens is 2. The normalized spacial score (nSPS) is 12.7. The van der Waals surface area contributed by atoms with Gasteiger partial charge in [0, 0.05) is 64.6 Å². The van der Waals surface area contributed by atoms with Gasteiger partial charge in [-0.2, -0.15) is 0 Å². The van der Waals surface area contributed by atoms with Gasteiger partial charge in [0.1, 0.15) is 22.3 Å². The van der Waals surface area contributed by atoms with Gasteiger partial charge in [0.15, 0.2) is 0 Å². The van der Waals surface area contributed by atoms with E-state index in [0.29, 0.717) is 0 Å². The van der Waals surface area contributed by atoms with Crippen LogP contribution < -0.4 is 0 Å². The first-order valence-corrected chi connectivity index (χ1v) is 22.0. The Labute approximate surface area is 363 Å². The molecule has 6 heterocycles. The van der Waals surface area contributed by atoms with Crippen LogP contribution in [0.3, 0.4) is 0 Å². The van der Waals surface area contributed by atoms with E-state index in [1.165, 1.54) is 120 Å². The molecule has 64 heavy (non-hydrogen) atoms. The molecule has 0 N–H and O–H groups in total. The number of furan rings is 2. The molecular weight excluding hydrogens is 781 g/mol. The van der Waals surface area contributed by atoms with E-state index in [1.54, 1.807) is 0 Å². The van der Waals surface area contributed by atoms with E-state index in [2.05, 4.69) is 191 Å². The summed E-state index contributed by atoms with van der Waals surface area (Å²) >= 11 is 0. The molecule has 4 heteroatoms. The molecule has 4 nitrogen and oxygen atoms in total.